The fourth-order valence-corrected chi connectivity index (χ4v) is 3.14. The molecule has 2 nitrogen and oxygen atoms in total. The Bertz CT molecular complexity index is 440. The van der Waals surface area contributed by atoms with E-state index >= 15 is 0 Å². The highest BCUT2D eigenvalue weighted by Gasteiger charge is 2.28. The molecule has 0 amide bonds. The van der Waals surface area contributed by atoms with Gasteiger partial charge in [-0.15, -0.1) is 11.6 Å². The van der Waals surface area contributed by atoms with E-state index in [1.54, 1.807) is 12.1 Å². The summed E-state index contributed by atoms with van der Waals surface area (Å²) in [6, 6.07) is 4.78. The largest absolute Gasteiger partial charge is 0.488 e. The lowest BCUT2D eigenvalue weighted by atomic mass is 10.1. The number of alkyl halides is 1. The molecule has 0 aliphatic carbocycles. The van der Waals surface area contributed by atoms with Crippen LogP contribution in [0.4, 0.5) is 4.39 Å². The highest BCUT2D eigenvalue weighted by Crippen LogP contribution is 2.30. The Hall–Kier alpha value is -0.800. The maximum absolute atomic E-state index is 13.1. The van der Waals surface area contributed by atoms with Gasteiger partial charge in [0.2, 0.25) is 0 Å². The van der Waals surface area contributed by atoms with Gasteiger partial charge in [-0.25, -0.2) is 4.39 Å². The summed E-state index contributed by atoms with van der Waals surface area (Å²) in [5.74, 6) is 2.02. The van der Waals surface area contributed by atoms with Crippen LogP contribution in [-0.4, -0.2) is 36.5 Å². The summed E-state index contributed by atoms with van der Waals surface area (Å²) in [5.41, 5.74) is 0.994. The number of hydrogen-bond acceptors (Lipinski definition) is 2. The number of likely N-dealkylation sites (tertiary alicyclic amines) is 1. The van der Waals surface area contributed by atoms with Crippen LogP contribution in [-0.2, 0) is 6.42 Å². The van der Waals surface area contributed by atoms with E-state index < -0.39 is 0 Å². The van der Waals surface area contributed by atoms with Gasteiger partial charge in [0.05, 0.1) is 0 Å². The number of fused-ring (bicyclic) bond motifs is 1. The molecule has 2 heterocycles. The second-order valence-corrected chi connectivity index (χ2v) is 5.57. The third-order valence-corrected chi connectivity index (χ3v) is 4.25. The van der Waals surface area contributed by atoms with Crippen molar-refractivity contribution in [2.24, 2.45) is 5.92 Å². The van der Waals surface area contributed by atoms with Gasteiger partial charge < -0.3 is 4.74 Å². The molecule has 2 unspecified atom stereocenters. The number of rotatable bonds is 3. The molecule has 0 aromatic heterocycles. The number of hydrogen-bond donors (Lipinski definition) is 0. The van der Waals surface area contributed by atoms with Gasteiger partial charge in [-0.05, 0) is 37.1 Å². The number of nitrogens with zero attached hydrogens (tertiary/aromatic N) is 1. The molecule has 0 saturated carbocycles. The standard InChI is InChI=1S/C14H17ClFNO/c15-7-10-3-4-17(8-10)9-13-6-11-5-12(16)1-2-14(11)18-13/h1-2,5,10,13H,3-4,6-9H2. The fourth-order valence-electron chi connectivity index (χ4n) is 2.88. The minimum Gasteiger partial charge on any atom is -0.488 e. The molecule has 1 aromatic carbocycles. The topological polar surface area (TPSA) is 12.5 Å². The van der Waals surface area contributed by atoms with Crippen LogP contribution in [0.3, 0.4) is 0 Å². The van der Waals surface area contributed by atoms with Crippen LogP contribution in [0, 0.1) is 11.7 Å². The molecule has 2 atom stereocenters. The maximum atomic E-state index is 13.1. The zero-order valence-electron chi connectivity index (χ0n) is 10.2. The second kappa shape index (κ2) is 5.06. The van der Waals surface area contributed by atoms with E-state index in [1.165, 1.54) is 12.5 Å². The number of halogens is 2. The van der Waals surface area contributed by atoms with E-state index in [-0.39, 0.29) is 11.9 Å². The van der Waals surface area contributed by atoms with Crippen LogP contribution >= 0.6 is 11.6 Å². The average Bonchev–Trinajstić information content (AvgIpc) is 2.95. The van der Waals surface area contributed by atoms with Crippen molar-refractivity contribution < 1.29 is 9.13 Å². The van der Waals surface area contributed by atoms with E-state index in [1.807, 2.05) is 0 Å². The van der Waals surface area contributed by atoms with Crippen LogP contribution in [0.2, 0.25) is 0 Å². The van der Waals surface area contributed by atoms with E-state index in [2.05, 4.69) is 4.90 Å². The zero-order chi connectivity index (χ0) is 12.5. The lowest BCUT2D eigenvalue weighted by Gasteiger charge is -2.20. The summed E-state index contributed by atoms with van der Waals surface area (Å²) in [6.07, 6.45) is 2.16. The molecular weight excluding hydrogens is 253 g/mol. The normalized spacial score (nSPS) is 27.2. The van der Waals surface area contributed by atoms with Crippen molar-refractivity contribution in [1.82, 2.24) is 4.90 Å². The first kappa shape index (κ1) is 12.2. The highest BCUT2D eigenvalue weighted by molar-refractivity contribution is 6.18. The quantitative estimate of drug-likeness (QED) is 0.783. The summed E-state index contributed by atoms with van der Waals surface area (Å²) in [5, 5.41) is 0. The minimum absolute atomic E-state index is 0.163. The molecule has 4 heteroatoms. The molecule has 3 rings (SSSR count). The van der Waals surface area contributed by atoms with Crippen LogP contribution in [0.1, 0.15) is 12.0 Å². The van der Waals surface area contributed by atoms with E-state index in [4.69, 9.17) is 16.3 Å². The molecule has 1 saturated heterocycles. The average molecular weight is 270 g/mol. The second-order valence-electron chi connectivity index (χ2n) is 5.26. The van der Waals surface area contributed by atoms with E-state index in [0.717, 1.165) is 43.2 Å². The first-order chi connectivity index (χ1) is 8.74. The van der Waals surface area contributed by atoms with Crippen molar-refractivity contribution >= 4 is 11.6 Å². The molecule has 0 bridgehead atoms. The van der Waals surface area contributed by atoms with Gasteiger partial charge in [0.1, 0.15) is 17.7 Å². The molecular formula is C14H17ClFNO. The third kappa shape index (κ3) is 2.47. The Balaban J connectivity index is 1.58. The molecule has 0 radical (unpaired) electrons. The molecule has 98 valence electrons. The van der Waals surface area contributed by atoms with Gasteiger partial charge in [0.25, 0.3) is 0 Å². The Morgan fingerprint density at radius 1 is 1.44 bits per heavy atom. The fraction of sp³-hybridized carbons (Fsp3) is 0.571. The predicted molar refractivity (Wildman–Crippen MR) is 69.8 cm³/mol. The summed E-state index contributed by atoms with van der Waals surface area (Å²) in [4.78, 5) is 2.40. The van der Waals surface area contributed by atoms with Crippen molar-refractivity contribution in [3.63, 3.8) is 0 Å². The third-order valence-electron chi connectivity index (χ3n) is 3.81. The summed E-state index contributed by atoms with van der Waals surface area (Å²) >= 11 is 5.88. The number of benzene rings is 1. The Morgan fingerprint density at radius 2 is 2.33 bits per heavy atom. The first-order valence-electron chi connectivity index (χ1n) is 6.48. The summed E-state index contributed by atoms with van der Waals surface area (Å²) < 4.78 is 19.0. The molecule has 2 aliphatic heterocycles. The van der Waals surface area contributed by atoms with Gasteiger partial charge in [-0.3, -0.25) is 4.90 Å². The van der Waals surface area contributed by atoms with Crippen LogP contribution in [0.15, 0.2) is 18.2 Å². The first-order valence-corrected chi connectivity index (χ1v) is 7.01. The van der Waals surface area contributed by atoms with E-state index in [9.17, 15) is 4.39 Å². The molecule has 0 N–H and O–H groups in total. The molecule has 18 heavy (non-hydrogen) atoms. The van der Waals surface area contributed by atoms with Gasteiger partial charge in [-0.2, -0.15) is 0 Å². The SMILES string of the molecule is Fc1ccc2c(c1)CC(CN1CCC(CCl)C1)O2. The Labute approximate surface area is 112 Å². The van der Waals surface area contributed by atoms with Crippen molar-refractivity contribution in [3.8, 4) is 5.75 Å². The van der Waals surface area contributed by atoms with Crippen LogP contribution in [0.5, 0.6) is 5.75 Å². The smallest absolute Gasteiger partial charge is 0.123 e. The lowest BCUT2D eigenvalue weighted by Crippen LogP contribution is -2.33. The van der Waals surface area contributed by atoms with Crippen LogP contribution in [0.25, 0.3) is 0 Å². The monoisotopic (exact) mass is 269 g/mol. The molecule has 1 fully saturated rings. The zero-order valence-corrected chi connectivity index (χ0v) is 11.0. The van der Waals surface area contributed by atoms with Gasteiger partial charge in [0, 0.05) is 31.0 Å². The summed E-state index contributed by atoms with van der Waals surface area (Å²) in [7, 11) is 0. The van der Waals surface area contributed by atoms with Gasteiger partial charge in [0.15, 0.2) is 0 Å². The highest BCUT2D eigenvalue weighted by atomic mass is 35.5. The molecule has 1 aromatic rings. The van der Waals surface area contributed by atoms with Gasteiger partial charge >= 0.3 is 0 Å². The Morgan fingerprint density at radius 3 is 3.11 bits per heavy atom. The summed E-state index contributed by atoms with van der Waals surface area (Å²) in [6.45, 7) is 3.08. The lowest BCUT2D eigenvalue weighted by molar-refractivity contribution is 0.166. The number of ether oxygens (including phenoxy) is 1. The van der Waals surface area contributed by atoms with Crippen molar-refractivity contribution in [3.05, 3.63) is 29.6 Å². The molecule has 2 aliphatic rings. The van der Waals surface area contributed by atoms with Crippen molar-refractivity contribution in [2.45, 2.75) is 18.9 Å². The van der Waals surface area contributed by atoms with Gasteiger partial charge in [-0.1, -0.05) is 0 Å². The van der Waals surface area contributed by atoms with E-state index in [0.29, 0.717) is 5.92 Å². The Kier molecular flexibility index (Phi) is 3.44. The maximum Gasteiger partial charge on any atom is 0.123 e. The minimum atomic E-state index is -0.179. The van der Waals surface area contributed by atoms with Crippen molar-refractivity contribution in [1.29, 1.82) is 0 Å². The predicted octanol–water partition coefficient (Wildman–Crippen LogP) is 2.69. The van der Waals surface area contributed by atoms with Crippen LogP contribution < -0.4 is 4.74 Å². The molecule has 0 spiro atoms. The van der Waals surface area contributed by atoms with Crippen molar-refractivity contribution in [2.75, 3.05) is 25.5 Å².